The van der Waals surface area contributed by atoms with Crippen LogP contribution in [0.25, 0.3) is 0 Å². The lowest BCUT2D eigenvalue weighted by Crippen LogP contribution is -2.11. The molecule has 0 radical (unpaired) electrons. The van der Waals surface area contributed by atoms with E-state index in [9.17, 15) is 17.6 Å². The van der Waals surface area contributed by atoms with Crippen molar-refractivity contribution in [2.75, 3.05) is 17.6 Å². The van der Waals surface area contributed by atoms with Gasteiger partial charge in [-0.15, -0.1) is 0 Å². The Hall–Kier alpha value is -2.31. The van der Waals surface area contributed by atoms with Crippen LogP contribution < -0.4 is 11.1 Å². The summed E-state index contributed by atoms with van der Waals surface area (Å²) in [7, 11) is 0. The first-order valence-electron chi connectivity index (χ1n) is 6.18. The molecule has 0 amide bonds. The van der Waals surface area contributed by atoms with Gasteiger partial charge in [-0.25, -0.2) is 9.37 Å². The summed E-state index contributed by atoms with van der Waals surface area (Å²) in [5, 5.41) is 2.72. The fraction of sp³-hybridized carbons (Fsp3) is 0.214. The van der Waals surface area contributed by atoms with Crippen molar-refractivity contribution in [2.45, 2.75) is 12.6 Å². The van der Waals surface area contributed by atoms with E-state index < -0.39 is 11.7 Å². The SMILES string of the molecule is Nc1cc(C(F)(F)F)cc(NCCc2ccccc2F)n1. The number of anilines is 2. The van der Waals surface area contributed by atoms with Crippen LogP contribution in [-0.4, -0.2) is 11.5 Å². The van der Waals surface area contributed by atoms with Gasteiger partial charge in [0.2, 0.25) is 0 Å². The minimum atomic E-state index is -4.49. The van der Waals surface area contributed by atoms with Crippen LogP contribution in [-0.2, 0) is 12.6 Å². The minimum absolute atomic E-state index is 0.0127. The van der Waals surface area contributed by atoms with Crippen LogP contribution in [0.3, 0.4) is 0 Å². The fourth-order valence-electron chi connectivity index (χ4n) is 1.83. The van der Waals surface area contributed by atoms with E-state index in [1.54, 1.807) is 18.2 Å². The van der Waals surface area contributed by atoms with Crippen molar-refractivity contribution in [2.24, 2.45) is 0 Å². The number of nitrogens with zero attached hydrogens (tertiary/aromatic N) is 1. The van der Waals surface area contributed by atoms with E-state index in [0.29, 0.717) is 12.0 Å². The molecule has 21 heavy (non-hydrogen) atoms. The molecule has 2 rings (SSSR count). The van der Waals surface area contributed by atoms with E-state index in [4.69, 9.17) is 5.73 Å². The maximum Gasteiger partial charge on any atom is 0.416 e. The molecule has 1 aromatic heterocycles. The lowest BCUT2D eigenvalue weighted by Gasteiger charge is -2.11. The smallest absolute Gasteiger partial charge is 0.384 e. The monoisotopic (exact) mass is 299 g/mol. The molecule has 112 valence electrons. The second-order valence-corrected chi connectivity index (χ2v) is 4.43. The second kappa shape index (κ2) is 5.99. The summed E-state index contributed by atoms with van der Waals surface area (Å²) in [4.78, 5) is 3.77. The minimum Gasteiger partial charge on any atom is -0.384 e. The lowest BCUT2D eigenvalue weighted by molar-refractivity contribution is -0.137. The first-order valence-corrected chi connectivity index (χ1v) is 6.18. The summed E-state index contributed by atoms with van der Waals surface area (Å²) in [5.41, 5.74) is 4.96. The fourth-order valence-corrected chi connectivity index (χ4v) is 1.83. The Balaban J connectivity index is 2.04. The Morgan fingerprint density at radius 3 is 2.52 bits per heavy atom. The maximum absolute atomic E-state index is 13.4. The van der Waals surface area contributed by atoms with E-state index in [0.717, 1.165) is 12.1 Å². The first-order chi connectivity index (χ1) is 9.86. The van der Waals surface area contributed by atoms with Gasteiger partial charge >= 0.3 is 6.18 Å². The third-order valence-electron chi connectivity index (χ3n) is 2.83. The molecule has 0 unspecified atom stereocenters. The highest BCUT2D eigenvalue weighted by atomic mass is 19.4. The van der Waals surface area contributed by atoms with E-state index in [2.05, 4.69) is 10.3 Å². The summed E-state index contributed by atoms with van der Waals surface area (Å²) in [6.45, 7) is 0.245. The number of rotatable bonds is 4. The number of pyridine rings is 1. The van der Waals surface area contributed by atoms with Gasteiger partial charge in [-0.2, -0.15) is 13.2 Å². The van der Waals surface area contributed by atoms with E-state index in [1.807, 2.05) is 0 Å². The van der Waals surface area contributed by atoms with E-state index in [1.165, 1.54) is 6.07 Å². The molecular weight excluding hydrogens is 286 g/mol. The maximum atomic E-state index is 13.4. The molecule has 0 aliphatic carbocycles. The number of nitrogen functional groups attached to an aromatic ring is 1. The third kappa shape index (κ3) is 4.08. The van der Waals surface area contributed by atoms with Gasteiger partial charge in [-0.3, -0.25) is 0 Å². The summed E-state index contributed by atoms with van der Waals surface area (Å²) >= 11 is 0. The largest absolute Gasteiger partial charge is 0.416 e. The molecular formula is C14H13F4N3. The molecule has 3 nitrogen and oxygen atoms in total. The quantitative estimate of drug-likeness (QED) is 0.850. The molecule has 0 saturated carbocycles. The van der Waals surface area contributed by atoms with E-state index >= 15 is 0 Å². The van der Waals surface area contributed by atoms with Gasteiger partial charge in [-0.1, -0.05) is 18.2 Å². The van der Waals surface area contributed by atoms with Gasteiger partial charge in [0.25, 0.3) is 0 Å². The van der Waals surface area contributed by atoms with Crippen molar-refractivity contribution >= 4 is 11.6 Å². The molecule has 0 spiro atoms. The first kappa shape index (κ1) is 15.1. The normalized spacial score (nSPS) is 11.4. The number of hydrogen-bond acceptors (Lipinski definition) is 3. The number of alkyl halides is 3. The summed E-state index contributed by atoms with van der Waals surface area (Å²) in [6, 6.07) is 7.85. The Bertz CT molecular complexity index is 626. The van der Waals surface area contributed by atoms with Gasteiger partial charge in [0.05, 0.1) is 5.56 Å². The van der Waals surface area contributed by atoms with Crippen LogP contribution in [0.5, 0.6) is 0 Å². The van der Waals surface area contributed by atoms with Crippen LogP contribution in [0.15, 0.2) is 36.4 Å². The predicted molar refractivity (Wildman–Crippen MR) is 72.2 cm³/mol. The number of halogens is 4. The number of hydrogen-bond donors (Lipinski definition) is 2. The van der Waals surface area contributed by atoms with Crippen molar-refractivity contribution in [3.8, 4) is 0 Å². The Labute approximate surface area is 118 Å². The van der Waals surface area contributed by atoms with Gasteiger partial charge in [0.1, 0.15) is 17.5 Å². The van der Waals surface area contributed by atoms with Crippen molar-refractivity contribution in [3.05, 3.63) is 53.3 Å². The van der Waals surface area contributed by atoms with Crippen LogP contribution in [0.4, 0.5) is 29.2 Å². The molecule has 0 bridgehead atoms. The Morgan fingerprint density at radius 1 is 1.14 bits per heavy atom. The summed E-state index contributed by atoms with van der Waals surface area (Å²) in [6.07, 6.45) is -4.16. The van der Waals surface area contributed by atoms with Gasteiger partial charge < -0.3 is 11.1 Å². The van der Waals surface area contributed by atoms with Crippen LogP contribution in [0.2, 0.25) is 0 Å². The topological polar surface area (TPSA) is 50.9 Å². The molecule has 0 saturated heterocycles. The predicted octanol–water partition coefficient (Wildman–Crippen LogP) is 3.48. The van der Waals surface area contributed by atoms with Crippen molar-refractivity contribution in [1.29, 1.82) is 0 Å². The lowest BCUT2D eigenvalue weighted by atomic mass is 10.1. The number of benzene rings is 1. The molecule has 3 N–H and O–H groups in total. The number of nitrogens with two attached hydrogens (primary N) is 1. The van der Waals surface area contributed by atoms with Crippen LogP contribution in [0, 0.1) is 5.82 Å². The van der Waals surface area contributed by atoms with Crippen LogP contribution in [0.1, 0.15) is 11.1 Å². The van der Waals surface area contributed by atoms with Crippen LogP contribution >= 0.6 is 0 Å². The highest BCUT2D eigenvalue weighted by molar-refractivity contribution is 5.47. The average molecular weight is 299 g/mol. The van der Waals surface area contributed by atoms with Crippen molar-refractivity contribution in [3.63, 3.8) is 0 Å². The van der Waals surface area contributed by atoms with Gasteiger partial charge in [-0.05, 0) is 30.2 Å². The summed E-state index contributed by atoms with van der Waals surface area (Å²) in [5.74, 6) is -0.562. The molecule has 1 aromatic carbocycles. The molecule has 0 aliphatic heterocycles. The van der Waals surface area contributed by atoms with Gasteiger partial charge in [0, 0.05) is 6.54 Å². The Kier molecular flexibility index (Phi) is 4.30. The number of nitrogens with one attached hydrogen (secondary N) is 1. The summed E-state index contributed by atoms with van der Waals surface area (Å²) < 4.78 is 51.3. The second-order valence-electron chi connectivity index (χ2n) is 4.43. The molecule has 0 atom stereocenters. The highest BCUT2D eigenvalue weighted by Crippen LogP contribution is 2.31. The Morgan fingerprint density at radius 2 is 1.86 bits per heavy atom. The van der Waals surface area contributed by atoms with Crippen molar-refractivity contribution < 1.29 is 17.6 Å². The molecule has 2 aromatic rings. The van der Waals surface area contributed by atoms with E-state index in [-0.39, 0.29) is 24.0 Å². The third-order valence-corrected chi connectivity index (χ3v) is 2.83. The molecule has 1 heterocycles. The standard InChI is InChI=1S/C14H13F4N3/c15-11-4-2-1-3-9(11)5-6-20-13-8-10(14(16,17)18)7-12(19)21-13/h1-4,7-8H,5-6H2,(H3,19,20,21). The molecule has 0 fully saturated rings. The number of aromatic nitrogens is 1. The molecule has 7 heteroatoms. The van der Waals surface area contributed by atoms with Gasteiger partial charge in [0.15, 0.2) is 0 Å². The zero-order valence-electron chi connectivity index (χ0n) is 10.9. The average Bonchev–Trinajstić information content (AvgIpc) is 2.39. The zero-order chi connectivity index (χ0) is 15.5. The van der Waals surface area contributed by atoms with Crippen molar-refractivity contribution in [1.82, 2.24) is 4.98 Å². The highest BCUT2D eigenvalue weighted by Gasteiger charge is 2.31. The zero-order valence-corrected chi connectivity index (χ0v) is 10.9. The molecule has 0 aliphatic rings.